The Hall–Kier alpha value is -1.93. The third kappa shape index (κ3) is 6.62. The average molecular weight is 408 g/mol. The van der Waals surface area contributed by atoms with Gasteiger partial charge < -0.3 is 4.74 Å². The van der Waals surface area contributed by atoms with E-state index in [9.17, 15) is 9.59 Å². The molecular weight excluding hydrogens is 382 g/mol. The fourth-order valence-corrected chi connectivity index (χ4v) is 4.25. The molecule has 0 aliphatic heterocycles. The summed E-state index contributed by atoms with van der Waals surface area (Å²) in [6, 6.07) is 7.62. The lowest BCUT2D eigenvalue weighted by atomic mass is 10.1. The molecule has 0 saturated carbocycles. The second kappa shape index (κ2) is 11.0. The predicted molar refractivity (Wildman–Crippen MR) is 109 cm³/mol. The van der Waals surface area contributed by atoms with Gasteiger partial charge in [-0.15, -0.1) is 10.2 Å². The summed E-state index contributed by atoms with van der Waals surface area (Å²) in [7, 11) is 0. The van der Waals surface area contributed by atoms with E-state index in [0.717, 1.165) is 19.3 Å². The van der Waals surface area contributed by atoms with Crippen LogP contribution in [0, 0.1) is 0 Å². The van der Waals surface area contributed by atoms with Crippen molar-refractivity contribution in [2.45, 2.75) is 56.0 Å². The number of nitrogens with zero attached hydrogens (tertiary/aromatic N) is 2. The summed E-state index contributed by atoms with van der Waals surface area (Å²) in [5.74, 6) is -0.476. The van der Waals surface area contributed by atoms with Crippen LogP contribution in [-0.4, -0.2) is 33.9 Å². The molecule has 1 atom stereocenters. The van der Waals surface area contributed by atoms with E-state index in [-0.39, 0.29) is 17.1 Å². The van der Waals surface area contributed by atoms with Crippen LogP contribution in [0.3, 0.4) is 0 Å². The molecule has 0 aliphatic rings. The van der Waals surface area contributed by atoms with Crippen molar-refractivity contribution in [3.8, 4) is 0 Å². The number of esters is 1. The molecule has 146 valence electrons. The van der Waals surface area contributed by atoms with Gasteiger partial charge in [-0.25, -0.2) is 0 Å². The third-order valence-corrected chi connectivity index (χ3v) is 6.09. The van der Waals surface area contributed by atoms with E-state index < -0.39 is 0 Å². The molecular formula is C19H25N3O3S2. The Kier molecular flexibility index (Phi) is 8.74. The highest BCUT2D eigenvalue weighted by Gasteiger charge is 2.21. The van der Waals surface area contributed by atoms with Crippen LogP contribution >= 0.6 is 23.1 Å². The van der Waals surface area contributed by atoms with Crippen LogP contribution in [-0.2, 0) is 16.0 Å². The number of amides is 1. The van der Waals surface area contributed by atoms with Crippen LogP contribution in [0.5, 0.6) is 0 Å². The molecule has 0 fully saturated rings. The van der Waals surface area contributed by atoms with Crippen LogP contribution in [0.4, 0.5) is 5.13 Å². The first-order chi connectivity index (χ1) is 13.1. The van der Waals surface area contributed by atoms with Crippen molar-refractivity contribution in [2.24, 2.45) is 0 Å². The lowest BCUT2D eigenvalue weighted by Gasteiger charge is -2.10. The molecule has 0 saturated heterocycles. The molecule has 0 spiro atoms. The summed E-state index contributed by atoms with van der Waals surface area (Å²) >= 11 is 2.56. The molecule has 0 bridgehead atoms. The molecule has 2 aromatic rings. The lowest BCUT2D eigenvalue weighted by molar-refractivity contribution is -0.142. The number of ether oxygens (including phenoxy) is 1. The van der Waals surface area contributed by atoms with Crippen molar-refractivity contribution in [2.75, 3.05) is 11.9 Å². The SMILES string of the molecule is CCCCc1ccc(C(=O)Nc2nnc(SC(CC)C(=O)OCC)s2)cc1. The van der Waals surface area contributed by atoms with Gasteiger partial charge in [0.15, 0.2) is 4.34 Å². The summed E-state index contributed by atoms with van der Waals surface area (Å²) in [5.41, 5.74) is 1.81. The molecule has 1 unspecified atom stereocenters. The molecule has 1 aromatic heterocycles. The number of aryl methyl sites for hydroxylation is 1. The van der Waals surface area contributed by atoms with Gasteiger partial charge in [-0.1, -0.05) is 55.5 Å². The number of rotatable bonds is 10. The lowest BCUT2D eigenvalue weighted by Crippen LogP contribution is -2.19. The monoisotopic (exact) mass is 407 g/mol. The number of carbonyl (C=O) groups is 2. The molecule has 1 amide bonds. The zero-order valence-electron chi connectivity index (χ0n) is 15.9. The number of hydrogen-bond donors (Lipinski definition) is 1. The molecule has 0 radical (unpaired) electrons. The van der Waals surface area contributed by atoms with Gasteiger partial charge in [-0.05, 0) is 43.9 Å². The fourth-order valence-electron chi connectivity index (χ4n) is 2.34. The van der Waals surface area contributed by atoms with Crippen LogP contribution in [0.25, 0.3) is 0 Å². The molecule has 1 heterocycles. The summed E-state index contributed by atoms with van der Waals surface area (Å²) in [6.45, 7) is 6.21. The van der Waals surface area contributed by atoms with E-state index in [1.54, 1.807) is 6.92 Å². The molecule has 0 aliphatic carbocycles. The predicted octanol–water partition coefficient (Wildman–Crippen LogP) is 4.57. The second-order valence-corrected chi connectivity index (χ2v) is 8.32. The van der Waals surface area contributed by atoms with Crippen molar-refractivity contribution >= 4 is 40.1 Å². The first-order valence-electron chi connectivity index (χ1n) is 9.14. The highest BCUT2D eigenvalue weighted by atomic mass is 32.2. The summed E-state index contributed by atoms with van der Waals surface area (Å²) in [4.78, 5) is 24.3. The number of thioether (sulfide) groups is 1. The van der Waals surface area contributed by atoms with Crippen molar-refractivity contribution in [3.05, 3.63) is 35.4 Å². The quantitative estimate of drug-likeness (QED) is 0.353. The van der Waals surface area contributed by atoms with Crippen LogP contribution in [0.15, 0.2) is 28.6 Å². The first-order valence-corrected chi connectivity index (χ1v) is 10.8. The maximum Gasteiger partial charge on any atom is 0.319 e. The van der Waals surface area contributed by atoms with Crippen molar-refractivity contribution < 1.29 is 14.3 Å². The van der Waals surface area contributed by atoms with Crippen molar-refractivity contribution in [3.63, 3.8) is 0 Å². The number of unbranched alkanes of at least 4 members (excludes halogenated alkanes) is 1. The summed E-state index contributed by atoms with van der Waals surface area (Å²) < 4.78 is 5.68. The van der Waals surface area contributed by atoms with Gasteiger partial charge in [0, 0.05) is 5.56 Å². The number of benzene rings is 1. The van der Waals surface area contributed by atoms with Gasteiger partial charge in [0.25, 0.3) is 5.91 Å². The Balaban J connectivity index is 1.94. The minimum atomic E-state index is -0.322. The van der Waals surface area contributed by atoms with Gasteiger partial charge in [0.1, 0.15) is 5.25 Å². The molecule has 6 nitrogen and oxygen atoms in total. The topological polar surface area (TPSA) is 81.2 Å². The Morgan fingerprint density at radius 1 is 1.19 bits per heavy atom. The van der Waals surface area contributed by atoms with E-state index in [1.165, 1.54) is 28.7 Å². The maximum absolute atomic E-state index is 12.4. The first kappa shape index (κ1) is 21.4. The standard InChI is InChI=1S/C19H25N3O3S2/c1-4-7-8-13-9-11-14(12-10-13)16(23)20-18-21-22-19(27-18)26-15(5-2)17(24)25-6-3/h9-12,15H,4-8H2,1-3H3,(H,20,21,23). The van der Waals surface area contributed by atoms with E-state index in [0.29, 0.717) is 28.1 Å². The van der Waals surface area contributed by atoms with Gasteiger partial charge >= 0.3 is 5.97 Å². The zero-order chi connectivity index (χ0) is 19.6. The largest absolute Gasteiger partial charge is 0.465 e. The number of anilines is 1. The molecule has 8 heteroatoms. The minimum Gasteiger partial charge on any atom is -0.465 e. The van der Waals surface area contributed by atoms with Crippen LogP contribution in [0.2, 0.25) is 0 Å². The van der Waals surface area contributed by atoms with E-state index >= 15 is 0 Å². The molecule has 27 heavy (non-hydrogen) atoms. The highest BCUT2D eigenvalue weighted by molar-refractivity contribution is 8.02. The maximum atomic E-state index is 12.4. The molecule has 1 aromatic carbocycles. The number of carbonyl (C=O) groups excluding carboxylic acids is 2. The third-order valence-electron chi connectivity index (χ3n) is 3.83. The Bertz CT molecular complexity index is 747. The highest BCUT2D eigenvalue weighted by Crippen LogP contribution is 2.31. The Morgan fingerprint density at radius 3 is 2.56 bits per heavy atom. The Morgan fingerprint density at radius 2 is 1.93 bits per heavy atom. The van der Waals surface area contributed by atoms with Gasteiger partial charge in [-0.3, -0.25) is 14.9 Å². The number of aromatic nitrogens is 2. The molecule has 1 N–H and O–H groups in total. The number of nitrogens with one attached hydrogen (secondary N) is 1. The van der Waals surface area contributed by atoms with E-state index in [2.05, 4.69) is 22.4 Å². The van der Waals surface area contributed by atoms with Crippen molar-refractivity contribution in [1.29, 1.82) is 0 Å². The summed E-state index contributed by atoms with van der Waals surface area (Å²) in [6.07, 6.45) is 3.94. The minimum absolute atomic E-state index is 0.220. The van der Waals surface area contributed by atoms with Gasteiger partial charge in [0.2, 0.25) is 5.13 Å². The van der Waals surface area contributed by atoms with Crippen molar-refractivity contribution in [1.82, 2.24) is 10.2 Å². The summed E-state index contributed by atoms with van der Waals surface area (Å²) in [5, 5.41) is 10.9. The van der Waals surface area contributed by atoms with Crippen LogP contribution < -0.4 is 5.32 Å². The smallest absolute Gasteiger partial charge is 0.319 e. The van der Waals surface area contributed by atoms with Gasteiger partial charge in [0.05, 0.1) is 6.61 Å². The average Bonchev–Trinajstić information content (AvgIpc) is 3.11. The van der Waals surface area contributed by atoms with E-state index in [4.69, 9.17) is 4.74 Å². The zero-order valence-corrected chi connectivity index (χ0v) is 17.5. The Labute approximate surface area is 168 Å². The molecule has 2 rings (SSSR count). The van der Waals surface area contributed by atoms with E-state index in [1.807, 2.05) is 31.2 Å². The normalized spacial score (nSPS) is 11.8. The number of hydrogen-bond acceptors (Lipinski definition) is 7. The van der Waals surface area contributed by atoms with Gasteiger partial charge in [-0.2, -0.15) is 0 Å². The van der Waals surface area contributed by atoms with Crippen LogP contribution in [0.1, 0.15) is 56.0 Å². The second-order valence-electron chi connectivity index (χ2n) is 5.89. The fraction of sp³-hybridized carbons (Fsp3) is 0.474.